The quantitative estimate of drug-likeness (QED) is 0.223. The minimum absolute atomic E-state index is 0.274. The van der Waals surface area contributed by atoms with Crippen molar-refractivity contribution in [3.8, 4) is 0 Å². The van der Waals surface area contributed by atoms with Crippen LogP contribution in [0.25, 0.3) is 0 Å². The first-order valence-corrected chi connectivity index (χ1v) is 11.1. The van der Waals surface area contributed by atoms with Gasteiger partial charge in [-0.1, -0.05) is 50.2 Å². The fraction of sp³-hybridized carbons (Fsp3) is 0.440. The summed E-state index contributed by atoms with van der Waals surface area (Å²) in [6, 6.07) is 16.7. The number of likely N-dealkylation sites (tertiary alicyclic amines) is 1. The molecule has 168 valence electrons. The molecular formula is C25H37N5O. The van der Waals surface area contributed by atoms with Crippen molar-refractivity contribution in [3.63, 3.8) is 0 Å². The van der Waals surface area contributed by atoms with E-state index in [2.05, 4.69) is 53.6 Å². The average Bonchev–Trinajstić information content (AvgIpc) is 3.29. The molecule has 2 aromatic rings. The van der Waals surface area contributed by atoms with Gasteiger partial charge in [0.2, 0.25) is 6.41 Å². The highest BCUT2D eigenvalue weighted by atomic mass is 16.1. The summed E-state index contributed by atoms with van der Waals surface area (Å²) >= 11 is 0. The summed E-state index contributed by atoms with van der Waals surface area (Å²) in [5.74, 6) is 1.04. The maximum Gasteiger partial charge on any atom is 0.207 e. The van der Waals surface area contributed by atoms with E-state index in [4.69, 9.17) is 11.1 Å². The largest absolute Gasteiger partial charge is 0.399 e. The van der Waals surface area contributed by atoms with Crippen LogP contribution >= 0.6 is 0 Å². The fourth-order valence-electron chi connectivity index (χ4n) is 3.98. The number of nitrogens with zero attached hydrogens (tertiary/aromatic N) is 1. The molecule has 5 N–H and O–H groups in total. The molecule has 0 bridgehead atoms. The predicted octanol–water partition coefficient (Wildman–Crippen LogP) is 4.05. The van der Waals surface area contributed by atoms with Crippen molar-refractivity contribution in [3.05, 3.63) is 65.2 Å². The van der Waals surface area contributed by atoms with Gasteiger partial charge in [0.05, 0.1) is 12.6 Å². The van der Waals surface area contributed by atoms with Crippen LogP contribution in [0, 0.1) is 5.41 Å². The Labute approximate surface area is 186 Å². The highest BCUT2D eigenvalue weighted by molar-refractivity contribution is 5.83. The van der Waals surface area contributed by atoms with Gasteiger partial charge in [0.15, 0.2) is 0 Å². The predicted molar refractivity (Wildman–Crippen MR) is 129 cm³/mol. The molecular weight excluding hydrogens is 386 g/mol. The van der Waals surface area contributed by atoms with Crippen LogP contribution < -0.4 is 16.4 Å². The number of anilines is 1. The Morgan fingerprint density at radius 2 is 1.97 bits per heavy atom. The minimum Gasteiger partial charge on any atom is -0.399 e. The first-order valence-electron chi connectivity index (χ1n) is 11.1. The zero-order valence-corrected chi connectivity index (χ0v) is 19.0. The van der Waals surface area contributed by atoms with Gasteiger partial charge in [0.25, 0.3) is 0 Å². The van der Waals surface area contributed by atoms with Crippen LogP contribution in [0.1, 0.15) is 61.8 Å². The Kier molecular flexibility index (Phi) is 10.0. The molecule has 0 aliphatic carbocycles. The maximum absolute atomic E-state index is 10.4. The zero-order chi connectivity index (χ0) is 22.6. The van der Waals surface area contributed by atoms with Crippen molar-refractivity contribution < 1.29 is 4.79 Å². The van der Waals surface area contributed by atoms with Gasteiger partial charge in [-0.25, -0.2) is 0 Å². The Hall–Kier alpha value is -2.86. The van der Waals surface area contributed by atoms with E-state index in [1.807, 2.05) is 31.3 Å². The second kappa shape index (κ2) is 12.7. The van der Waals surface area contributed by atoms with Crippen LogP contribution in [0.15, 0.2) is 48.5 Å². The number of amides is 1. The van der Waals surface area contributed by atoms with Crippen LogP contribution in [0.5, 0.6) is 0 Å². The van der Waals surface area contributed by atoms with Gasteiger partial charge in [-0.05, 0) is 61.1 Å². The van der Waals surface area contributed by atoms with Crippen molar-refractivity contribution in [1.29, 1.82) is 5.41 Å². The van der Waals surface area contributed by atoms with Gasteiger partial charge < -0.3 is 21.3 Å². The Morgan fingerprint density at radius 3 is 2.61 bits per heavy atom. The number of nitrogens with two attached hydrogens (primary N) is 1. The normalized spacial score (nSPS) is 16.2. The number of hydrogen-bond acceptors (Lipinski definition) is 4. The van der Waals surface area contributed by atoms with Gasteiger partial charge in [-0.15, -0.1) is 0 Å². The molecule has 1 heterocycles. The fourth-order valence-corrected chi connectivity index (χ4v) is 3.98. The molecule has 0 saturated carbocycles. The van der Waals surface area contributed by atoms with Crippen molar-refractivity contribution in [2.24, 2.45) is 0 Å². The summed E-state index contributed by atoms with van der Waals surface area (Å²) in [4.78, 5) is 12.6. The van der Waals surface area contributed by atoms with Crippen molar-refractivity contribution >= 4 is 17.9 Å². The van der Waals surface area contributed by atoms with Crippen molar-refractivity contribution in [2.45, 2.75) is 51.6 Å². The smallest absolute Gasteiger partial charge is 0.207 e. The molecule has 2 unspecified atom stereocenters. The third kappa shape index (κ3) is 7.10. The van der Waals surface area contributed by atoms with Crippen molar-refractivity contribution in [1.82, 2.24) is 15.5 Å². The molecule has 2 atom stereocenters. The van der Waals surface area contributed by atoms with E-state index in [-0.39, 0.29) is 6.04 Å². The number of carbonyl (C=O) groups is 1. The van der Waals surface area contributed by atoms with Crippen LogP contribution in [-0.2, 0) is 11.3 Å². The lowest BCUT2D eigenvalue weighted by Gasteiger charge is -2.30. The van der Waals surface area contributed by atoms with E-state index in [9.17, 15) is 4.79 Å². The number of rotatable bonds is 8. The van der Waals surface area contributed by atoms with Crippen LogP contribution in [0.3, 0.4) is 0 Å². The molecule has 1 saturated heterocycles. The monoisotopic (exact) mass is 423 g/mol. The summed E-state index contributed by atoms with van der Waals surface area (Å²) in [6.07, 6.45) is 3.96. The molecule has 1 fully saturated rings. The highest BCUT2D eigenvalue weighted by Crippen LogP contribution is 2.36. The van der Waals surface area contributed by atoms with Crippen molar-refractivity contribution in [2.75, 3.05) is 25.9 Å². The first-order chi connectivity index (χ1) is 15.0. The van der Waals surface area contributed by atoms with E-state index >= 15 is 0 Å². The number of carbonyl (C=O) groups excluding carboxylic acids is 1. The molecule has 31 heavy (non-hydrogen) atoms. The number of benzene rings is 2. The van der Waals surface area contributed by atoms with Gasteiger partial charge in [0, 0.05) is 18.8 Å². The van der Waals surface area contributed by atoms with Crippen LogP contribution in [-0.4, -0.2) is 37.3 Å². The molecule has 6 nitrogen and oxygen atoms in total. The maximum atomic E-state index is 10.4. The van der Waals surface area contributed by atoms with Crippen LogP contribution in [0.2, 0.25) is 0 Å². The first kappa shape index (κ1) is 24.4. The van der Waals surface area contributed by atoms with E-state index in [1.165, 1.54) is 16.7 Å². The summed E-state index contributed by atoms with van der Waals surface area (Å²) in [5.41, 5.74) is 10.3. The molecule has 2 aromatic carbocycles. The van der Waals surface area contributed by atoms with E-state index in [0.717, 1.165) is 38.0 Å². The van der Waals surface area contributed by atoms with E-state index < -0.39 is 0 Å². The van der Waals surface area contributed by atoms with Gasteiger partial charge in [0.1, 0.15) is 5.84 Å². The van der Waals surface area contributed by atoms with Crippen LogP contribution in [0.4, 0.5) is 5.69 Å². The molecule has 0 spiro atoms. The lowest BCUT2D eigenvalue weighted by Crippen LogP contribution is -2.37. The molecule has 6 heteroatoms. The molecule has 1 aliphatic heterocycles. The zero-order valence-electron chi connectivity index (χ0n) is 19.0. The number of nitrogen functional groups attached to an aromatic ring is 1. The molecule has 0 aromatic heterocycles. The highest BCUT2D eigenvalue weighted by Gasteiger charge is 2.29. The summed E-state index contributed by atoms with van der Waals surface area (Å²) in [7, 11) is 1.93. The average molecular weight is 424 g/mol. The molecule has 3 rings (SSSR count). The summed E-state index contributed by atoms with van der Waals surface area (Å²) in [5, 5.41) is 13.9. The summed E-state index contributed by atoms with van der Waals surface area (Å²) < 4.78 is 0. The Morgan fingerprint density at radius 1 is 1.26 bits per heavy atom. The van der Waals surface area contributed by atoms with E-state index in [0.29, 0.717) is 24.7 Å². The Balaban J connectivity index is 0.000000285. The number of hydrogen-bond donors (Lipinski definition) is 4. The lowest BCUT2D eigenvalue weighted by atomic mass is 9.89. The summed E-state index contributed by atoms with van der Waals surface area (Å²) in [6.45, 7) is 6.59. The molecule has 0 radical (unpaired) electrons. The topological polar surface area (TPSA) is 94.2 Å². The number of amidine groups is 1. The molecule has 1 aliphatic rings. The standard InChI is InChI=1S/C17H25N3O.C8H12N2/c1-3-13(2)14-7-4-5-8-15(14)16-9-6-10-20(16)17(18)11-19-12-21;1-10-6-7-2-4-8(9)5-3-7/h4-5,7-8,12-13,16,18H,3,6,9-11H2,1-2H3,(H,19,21);2-5,10H,6,9H2,1H3. The second-order valence-corrected chi connectivity index (χ2v) is 8.01. The second-order valence-electron chi connectivity index (χ2n) is 8.01. The lowest BCUT2D eigenvalue weighted by molar-refractivity contribution is -0.109. The third-order valence-corrected chi connectivity index (χ3v) is 5.81. The van der Waals surface area contributed by atoms with Gasteiger partial charge >= 0.3 is 0 Å². The minimum atomic E-state index is 0.274. The van der Waals surface area contributed by atoms with Gasteiger partial charge in [-0.2, -0.15) is 0 Å². The van der Waals surface area contributed by atoms with E-state index in [1.54, 1.807) is 0 Å². The number of nitrogens with one attached hydrogen (secondary N) is 3. The third-order valence-electron chi connectivity index (χ3n) is 5.81. The molecule has 1 amide bonds. The van der Waals surface area contributed by atoms with Gasteiger partial charge in [-0.3, -0.25) is 10.2 Å². The Bertz CT molecular complexity index is 821. The SMILES string of the molecule is CCC(C)c1ccccc1C1CCCN1C(=N)CNC=O.CNCc1ccc(N)cc1.